The second kappa shape index (κ2) is 10.5. The van der Waals surface area contributed by atoms with Crippen LogP contribution in [0.2, 0.25) is 0 Å². The molecule has 0 fully saturated rings. The van der Waals surface area contributed by atoms with Crippen molar-refractivity contribution in [3.05, 3.63) is 77.2 Å². The standard InChI is InChI=1S/C28H32N6O4S/c1-17-11-20(12-25(18(17)2)34-16-24(31-33-34)19-9-8-10-29-15-19)27(35)30-22-13-21(28(3,4)5)14-23(26(22)38-6)32-39(7,36)37/h8-16,32H,1-7H3,(H,30,35). The molecule has 2 aromatic carbocycles. The third kappa shape index (κ3) is 6.26. The van der Waals surface area contributed by atoms with Gasteiger partial charge in [0.1, 0.15) is 5.69 Å². The minimum absolute atomic E-state index is 0.211. The van der Waals surface area contributed by atoms with E-state index in [1.54, 1.807) is 47.5 Å². The van der Waals surface area contributed by atoms with E-state index in [1.807, 2.05) is 46.8 Å². The van der Waals surface area contributed by atoms with Gasteiger partial charge in [-0.25, -0.2) is 13.1 Å². The first-order chi connectivity index (χ1) is 18.3. The van der Waals surface area contributed by atoms with E-state index < -0.39 is 10.0 Å². The van der Waals surface area contributed by atoms with E-state index in [9.17, 15) is 13.2 Å². The van der Waals surface area contributed by atoms with Crippen molar-refractivity contribution >= 4 is 27.3 Å². The molecule has 0 saturated carbocycles. The molecule has 2 heterocycles. The lowest BCUT2D eigenvalue weighted by molar-refractivity contribution is 0.102. The maximum Gasteiger partial charge on any atom is 0.255 e. The van der Waals surface area contributed by atoms with Crippen molar-refractivity contribution in [3.63, 3.8) is 0 Å². The topological polar surface area (TPSA) is 128 Å². The first-order valence-corrected chi connectivity index (χ1v) is 14.1. The fourth-order valence-corrected chi connectivity index (χ4v) is 4.63. The Kier molecular flexibility index (Phi) is 7.47. The van der Waals surface area contributed by atoms with Crippen LogP contribution in [0.5, 0.6) is 5.75 Å². The molecule has 0 unspecified atom stereocenters. The summed E-state index contributed by atoms with van der Waals surface area (Å²) in [6, 6.07) is 10.8. The number of anilines is 2. The van der Waals surface area contributed by atoms with Crippen LogP contribution in [0, 0.1) is 13.8 Å². The van der Waals surface area contributed by atoms with Crippen molar-refractivity contribution in [2.75, 3.05) is 23.4 Å². The van der Waals surface area contributed by atoms with Gasteiger partial charge in [0.25, 0.3) is 5.91 Å². The van der Waals surface area contributed by atoms with Gasteiger partial charge in [0, 0.05) is 23.5 Å². The van der Waals surface area contributed by atoms with E-state index in [4.69, 9.17) is 4.74 Å². The number of rotatable bonds is 7. The molecule has 2 aromatic heterocycles. The van der Waals surface area contributed by atoms with Gasteiger partial charge in [-0.05, 0) is 72.4 Å². The van der Waals surface area contributed by atoms with Gasteiger partial charge >= 0.3 is 0 Å². The van der Waals surface area contributed by atoms with Gasteiger partial charge in [-0.2, -0.15) is 0 Å². The molecular weight excluding hydrogens is 516 g/mol. The van der Waals surface area contributed by atoms with Crippen LogP contribution < -0.4 is 14.8 Å². The summed E-state index contributed by atoms with van der Waals surface area (Å²) in [6.07, 6.45) is 6.26. The Hall–Kier alpha value is -4.25. The molecule has 0 aliphatic heterocycles. The summed E-state index contributed by atoms with van der Waals surface area (Å²) >= 11 is 0. The molecule has 0 saturated heterocycles. The van der Waals surface area contributed by atoms with Crippen molar-refractivity contribution in [3.8, 4) is 22.7 Å². The molecule has 4 aromatic rings. The predicted octanol–water partition coefficient (Wildman–Crippen LogP) is 4.88. The van der Waals surface area contributed by atoms with Crippen molar-refractivity contribution < 1.29 is 17.9 Å². The highest BCUT2D eigenvalue weighted by molar-refractivity contribution is 7.92. The van der Waals surface area contributed by atoms with E-state index in [0.717, 1.165) is 28.5 Å². The lowest BCUT2D eigenvalue weighted by atomic mass is 9.86. The Balaban J connectivity index is 1.74. The summed E-state index contributed by atoms with van der Waals surface area (Å²) in [6.45, 7) is 9.87. The molecule has 11 heteroatoms. The number of methoxy groups -OCH3 is 1. The summed E-state index contributed by atoms with van der Waals surface area (Å²) in [5.41, 5.74) is 5.51. The molecule has 39 heavy (non-hydrogen) atoms. The highest BCUT2D eigenvalue weighted by Crippen LogP contribution is 2.39. The molecule has 0 aliphatic rings. The molecular formula is C28H32N6O4S. The highest BCUT2D eigenvalue weighted by Gasteiger charge is 2.23. The maximum atomic E-state index is 13.6. The largest absolute Gasteiger partial charge is 0.492 e. The molecule has 0 bridgehead atoms. The summed E-state index contributed by atoms with van der Waals surface area (Å²) in [4.78, 5) is 17.7. The normalized spacial score (nSPS) is 11.8. The number of amides is 1. The number of carbonyl (C=O) groups excluding carboxylic acids is 1. The van der Waals surface area contributed by atoms with Gasteiger partial charge in [0.05, 0.1) is 36.6 Å². The average Bonchev–Trinajstić information content (AvgIpc) is 3.34. The van der Waals surface area contributed by atoms with Crippen LogP contribution in [-0.2, 0) is 15.4 Å². The zero-order chi connectivity index (χ0) is 28.5. The molecule has 10 nitrogen and oxygen atoms in total. The Bertz CT molecular complexity index is 1640. The molecule has 204 valence electrons. The van der Waals surface area contributed by atoms with Crippen LogP contribution in [0.3, 0.4) is 0 Å². The van der Waals surface area contributed by atoms with Crippen molar-refractivity contribution in [2.24, 2.45) is 0 Å². The lowest BCUT2D eigenvalue weighted by Gasteiger charge is -2.24. The number of benzene rings is 2. The number of nitrogens with zero attached hydrogens (tertiary/aromatic N) is 4. The molecule has 0 spiro atoms. The minimum atomic E-state index is -3.60. The maximum absolute atomic E-state index is 13.6. The van der Waals surface area contributed by atoms with E-state index in [1.165, 1.54) is 7.11 Å². The predicted molar refractivity (Wildman–Crippen MR) is 152 cm³/mol. The van der Waals surface area contributed by atoms with Crippen molar-refractivity contribution in [2.45, 2.75) is 40.0 Å². The van der Waals surface area contributed by atoms with Gasteiger partial charge in [-0.3, -0.25) is 14.5 Å². The summed E-state index contributed by atoms with van der Waals surface area (Å²) in [5.74, 6) is -0.176. The molecule has 1 amide bonds. The van der Waals surface area contributed by atoms with Crippen LogP contribution >= 0.6 is 0 Å². The number of hydrogen-bond acceptors (Lipinski definition) is 7. The smallest absolute Gasteiger partial charge is 0.255 e. The number of hydrogen-bond donors (Lipinski definition) is 2. The van der Waals surface area contributed by atoms with Crippen LogP contribution in [0.25, 0.3) is 16.9 Å². The van der Waals surface area contributed by atoms with Gasteiger partial charge in [-0.1, -0.05) is 26.0 Å². The quantitative estimate of drug-likeness (QED) is 0.337. The fraction of sp³-hybridized carbons (Fsp3) is 0.286. The Morgan fingerprint density at radius 1 is 1.08 bits per heavy atom. The molecule has 0 aliphatic carbocycles. The van der Waals surface area contributed by atoms with Crippen LogP contribution in [-0.4, -0.2) is 47.7 Å². The van der Waals surface area contributed by atoms with E-state index in [2.05, 4.69) is 25.3 Å². The zero-order valence-electron chi connectivity index (χ0n) is 23.0. The van der Waals surface area contributed by atoms with E-state index >= 15 is 0 Å². The minimum Gasteiger partial charge on any atom is -0.492 e. The van der Waals surface area contributed by atoms with Crippen molar-refractivity contribution in [1.82, 2.24) is 20.0 Å². The highest BCUT2D eigenvalue weighted by atomic mass is 32.2. The van der Waals surface area contributed by atoms with E-state index in [0.29, 0.717) is 22.6 Å². The lowest BCUT2D eigenvalue weighted by Crippen LogP contribution is -2.18. The van der Waals surface area contributed by atoms with Crippen LogP contribution in [0.15, 0.2) is 55.0 Å². The number of aromatic nitrogens is 4. The number of nitrogens with one attached hydrogen (secondary N) is 2. The Morgan fingerprint density at radius 2 is 1.79 bits per heavy atom. The Morgan fingerprint density at radius 3 is 2.41 bits per heavy atom. The summed E-state index contributed by atoms with van der Waals surface area (Å²) < 4.78 is 33.8. The molecule has 4 rings (SSSR count). The van der Waals surface area contributed by atoms with E-state index in [-0.39, 0.29) is 22.8 Å². The number of carbonyl (C=O) groups is 1. The third-order valence-electron chi connectivity index (χ3n) is 6.30. The van der Waals surface area contributed by atoms with Gasteiger partial charge in [0.15, 0.2) is 5.75 Å². The Labute approximate surface area is 228 Å². The molecule has 2 N–H and O–H groups in total. The number of sulfonamides is 1. The van der Waals surface area contributed by atoms with Crippen molar-refractivity contribution in [1.29, 1.82) is 0 Å². The van der Waals surface area contributed by atoms with Gasteiger partial charge < -0.3 is 10.1 Å². The summed E-state index contributed by atoms with van der Waals surface area (Å²) in [7, 11) is -2.17. The van der Waals surface area contributed by atoms with Gasteiger partial charge in [-0.15, -0.1) is 5.10 Å². The monoisotopic (exact) mass is 548 g/mol. The third-order valence-corrected chi connectivity index (χ3v) is 6.89. The fourth-order valence-electron chi connectivity index (χ4n) is 4.08. The number of aryl methyl sites for hydroxylation is 1. The average molecular weight is 549 g/mol. The second-order valence-corrected chi connectivity index (χ2v) is 12.2. The number of ether oxygens (including phenoxy) is 1. The molecule has 0 atom stereocenters. The van der Waals surface area contributed by atoms with Gasteiger partial charge in [0.2, 0.25) is 10.0 Å². The SMILES string of the molecule is COc1c(NC(=O)c2cc(C)c(C)c(-n3cc(-c4cccnc4)nn3)c2)cc(C(C)(C)C)cc1NS(C)(=O)=O. The summed E-state index contributed by atoms with van der Waals surface area (Å²) in [5, 5.41) is 11.5. The zero-order valence-corrected chi connectivity index (χ0v) is 23.8. The first kappa shape index (κ1) is 27.8. The second-order valence-electron chi connectivity index (χ2n) is 10.4. The van der Waals surface area contributed by atoms with Crippen LogP contribution in [0.4, 0.5) is 11.4 Å². The number of pyridine rings is 1. The van der Waals surface area contributed by atoms with Crippen LogP contribution in [0.1, 0.15) is 47.8 Å². The molecule has 0 radical (unpaired) electrons. The first-order valence-electron chi connectivity index (χ1n) is 12.2.